The van der Waals surface area contributed by atoms with E-state index in [1.807, 2.05) is 17.0 Å². The molecule has 1 aliphatic heterocycles. The third-order valence-electron chi connectivity index (χ3n) is 6.24. The van der Waals surface area contributed by atoms with Gasteiger partial charge < -0.3 is 20.3 Å². The van der Waals surface area contributed by atoms with Crippen molar-refractivity contribution in [2.75, 3.05) is 19.7 Å². The number of halogens is 1. The second-order valence-corrected chi connectivity index (χ2v) is 9.10. The lowest BCUT2D eigenvalue weighted by molar-refractivity contribution is -0.128. The fourth-order valence-electron chi connectivity index (χ4n) is 4.06. The number of carbonyl (C=O) groups is 1. The highest BCUT2D eigenvalue weighted by atomic mass is 127. The summed E-state index contributed by atoms with van der Waals surface area (Å²) in [4.78, 5) is 18.9. The standard InChI is InChI=1S/C27H36N4O2.HI/c1-3-28-27(30-17-23-13-10-20(2)15-25(23)33-19-21-11-12-21)29-16-22-7-4-5-8-24(22)18-31-14-6-9-26(31)32;/h4-5,7-8,10,13,15,21H,3,6,9,11-12,14,16-19H2,1-2H3,(H2,28,29,30);1H. The van der Waals surface area contributed by atoms with Crippen molar-refractivity contribution in [3.63, 3.8) is 0 Å². The van der Waals surface area contributed by atoms with E-state index < -0.39 is 0 Å². The molecule has 1 amide bonds. The van der Waals surface area contributed by atoms with Gasteiger partial charge in [0.15, 0.2) is 5.96 Å². The zero-order chi connectivity index (χ0) is 23.0. The summed E-state index contributed by atoms with van der Waals surface area (Å²) in [6.45, 7) is 8.49. The van der Waals surface area contributed by atoms with E-state index in [0.717, 1.165) is 49.3 Å². The third-order valence-corrected chi connectivity index (χ3v) is 6.24. The maximum atomic E-state index is 12.1. The summed E-state index contributed by atoms with van der Waals surface area (Å²) >= 11 is 0. The lowest BCUT2D eigenvalue weighted by atomic mass is 10.1. The van der Waals surface area contributed by atoms with Crippen molar-refractivity contribution in [1.29, 1.82) is 0 Å². The van der Waals surface area contributed by atoms with Gasteiger partial charge >= 0.3 is 0 Å². The number of rotatable bonds is 10. The van der Waals surface area contributed by atoms with Crippen LogP contribution in [0.1, 0.15) is 54.9 Å². The summed E-state index contributed by atoms with van der Waals surface area (Å²) in [7, 11) is 0. The summed E-state index contributed by atoms with van der Waals surface area (Å²) in [6.07, 6.45) is 4.19. The molecule has 2 aliphatic rings. The molecule has 1 saturated heterocycles. The van der Waals surface area contributed by atoms with Crippen LogP contribution in [0.25, 0.3) is 0 Å². The highest BCUT2D eigenvalue weighted by Gasteiger charge is 2.22. The summed E-state index contributed by atoms with van der Waals surface area (Å²) < 4.78 is 6.11. The van der Waals surface area contributed by atoms with E-state index in [1.54, 1.807) is 0 Å². The summed E-state index contributed by atoms with van der Waals surface area (Å²) in [5.74, 6) is 2.70. The lowest BCUT2D eigenvalue weighted by Gasteiger charge is -2.19. The highest BCUT2D eigenvalue weighted by molar-refractivity contribution is 14.0. The summed E-state index contributed by atoms with van der Waals surface area (Å²) in [5.41, 5.74) is 4.68. The molecule has 1 saturated carbocycles. The Kier molecular flexibility index (Phi) is 10.0. The molecule has 1 aliphatic carbocycles. The van der Waals surface area contributed by atoms with Gasteiger partial charge in [-0.05, 0) is 61.8 Å². The van der Waals surface area contributed by atoms with E-state index in [2.05, 4.69) is 54.8 Å². The normalized spacial score (nSPS) is 15.8. The Morgan fingerprint density at radius 2 is 1.91 bits per heavy atom. The van der Waals surface area contributed by atoms with Crippen LogP contribution < -0.4 is 15.4 Å². The van der Waals surface area contributed by atoms with Gasteiger partial charge in [0.2, 0.25) is 5.91 Å². The second-order valence-electron chi connectivity index (χ2n) is 9.10. The molecule has 2 N–H and O–H groups in total. The van der Waals surface area contributed by atoms with Crippen LogP contribution in [0.5, 0.6) is 5.75 Å². The van der Waals surface area contributed by atoms with E-state index in [4.69, 9.17) is 9.73 Å². The Bertz CT molecular complexity index is 990. The predicted octanol–water partition coefficient (Wildman–Crippen LogP) is 4.78. The summed E-state index contributed by atoms with van der Waals surface area (Å²) in [6, 6.07) is 14.7. The number of carbonyl (C=O) groups excluding carboxylic acids is 1. The molecule has 6 nitrogen and oxygen atoms in total. The van der Waals surface area contributed by atoms with E-state index in [1.165, 1.54) is 29.5 Å². The zero-order valence-electron chi connectivity index (χ0n) is 20.3. The topological polar surface area (TPSA) is 66.0 Å². The van der Waals surface area contributed by atoms with Gasteiger partial charge in [-0.15, -0.1) is 24.0 Å². The molecule has 0 radical (unpaired) electrons. The Balaban J connectivity index is 0.00000324. The predicted molar refractivity (Wildman–Crippen MR) is 148 cm³/mol. The number of aryl methyl sites for hydroxylation is 1. The molecule has 1 heterocycles. The average molecular weight is 577 g/mol. The van der Waals surface area contributed by atoms with Crippen LogP contribution in [0.3, 0.4) is 0 Å². The van der Waals surface area contributed by atoms with Crippen LogP contribution in [0.2, 0.25) is 0 Å². The number of nitrogens with zero attached hydrogens (tertiary/aromatic N) is 2. The number of amides is 1. The quantitative estimate of drug-likeness (QED) is 0.243. The van der Waals surface area contributed by atoms with Crippen LogP contribution in [-0.4, -0.2) is 36.5 Å². The Morgan fingerprint density at radius 3 is 2.62 bits per heavy atom. The van der Waals surface area contributed by atoms with Crippen molar-refractivity contribution >= 4 is 35.8 Å². The number of guanidine groups is 1. The van der Waals surface area contributed by atoms with Gasteiger partial charge in [0, 0.05) is 38.2 Å². The first-order valence-corrected chi connectivity index (χ1v) is 12.2. The van der Waals surface area contributed by atoms with Crippen LogP contribution >= 0.6 is 24.0 Å². The maximum Gasteiger partial charge on any atom is 0.222 e. The van der Waals surface area contributed by atoms with Gasteiger partial charge in [-0.3, -0.25) is 4.79 Å². The molecule has 0 atom stereocenters. The van der Waals surface area contributed by atoms with E-state index >= 15 is 0 Å². The first-order chi connectivity index (χ1) is 16.1. The number of nitrogens with one attached hydrogen (secondary N) is 2. The molecule has 2 aromatic carbocycles. The van der Waals surface area contributed by atoms with E-state index in [0.29, 0.717) is 26.1 Å². The number of hydrogen-bond acceptors (Lipinski definition) is 3. The molecule has 184 valence electrons. The molecule has 0 spiro atoms. The van der Waals surface area contributed by atoms with Gasteiger partial charge in [0.25, 0.3) is 0 Å². The number of aliphatic imine (C=N–C) groups is 1. The minimum Gasteiger partial charge on any atom is -0.493 e. The maximum absolute atomic E-state index is 12.1. The monoisotopic (exact) mass is 576 g/mol. The number of benzene rings is 2. The molecule has 0 unspecified atom stereocenters. The highest BCUT2D eigenvalue weighted by Crippen LogP contribution is 2.31. The smallest absolute Gasteiger partial charge is 0.222 e. The van der Waals surface area contributed by atoms with Crippen molar-refractivity contribution in [3.8, 4) is 5.75 Å². The molecule has 34 heavy (non-hydrogen) atoms. The van der Waals surface area contributed by atoms with Crippen LogP contribution in [-0.2, 0) is 24.4 Å². The fourth-order valence-corrected chi connectivity index (χ4v) is 4.06. The molecular weight excluding hydrogens is 539 g/mol. The Morgan fingerprint density at radius 1 is 1.12 bits per heavy atom. The second kappa shape index (κ2) is 13.0. The van der Waals surface area contributed by atoms with Gasteiger partial charge in [-0.25, -0.2) is 4.99 Å². The van der Waals surface area contributed by atoms with Gasteiger partial charge in [0.1, 0.15) is 5.75 Å². The molecule has 0 bridgehead atoms. The van der Waals surface area contributed by atoms with Gasteiger partial charge in [-0.1, -0.05) is 36.4 Å². The SMILES string of the molecule is CCNC(=NCc1ccc(C)cc1OCC1CC1)NCc1ccccc1CN1CCCC1=O.I. The Labute approximate surface area is 220 Å². The van der Waals surface area contributed by atoms with Crippen molar-refractivity contribution < 1.29 is 9.53 Å². The average Bonchev–Trinajstić information content (AvgIpc) is 3.57. The van der Waals surface area contributed by atoms with E-state index in [9.17, 15) is 4.79 Å². The number of ether oxygens (including phenoxy) is 1. The van der Waals surface area contributed by atoms with Crippen molar-refractivity contribution in [2.24, 2.45) is 10.9 Å². The van der Waals surface area contributed by atoms with Crippen molar-refractivity contribution in [2.45, 2.75) is 59.2 Å². The lowest BCUT2D eigenvalue weighted by Crippen LogP contribution is -2.37. The first-order valence-electron chi connectivity index (χ1n) is 12.2. The minimum atomic E-state index is 0. The summed E-state index contributed by atoms with van der Waals surface area (Å²) in [5, 5.41) is 6.82. The van der Waals surface area contributed by atoms with Crippen LogP contribution in [0, 0.1) is 12.8 Å². The van der Waals surface area contributed by atoms with Crippen LogP contribution in [0.15, 0.2) is 47.5 Å². The van der Waals surface area contributed by atoms with E-state index in [-0.39, 0.29) is 29.9 Å². The molecule has 0 aromatic heterocycles. The van der Waals surface area contributed by atoms with Crippen LogP contribution in [0.4, 0.5) is 0 Å². The largest absolute Gasteiger partial charge is 0.493 e. The number of hydrogen-bond donors (Lipinski definition) is 2. The number of likely N-dealkylation sites (tertiary alicyclic amines) is 1. The first kappa shape index (κ1) is 26.3. The third kappa shape index (κ3) is 7.61. The molecular formula is C27H37IN4O2. The molecule has 2 fully saturated rings. The fraction of sp³-hybridized carbons (Fsp3) is 0.481. The van der Waals surface area contributed by atoms with Gasteiger partial charge in [-0.2, -0.15) is 0 Å². The Hall–Kier alpha value is -2.29. The molecule has 4 rings (SSSR count). The van der Waals surface area contributed by atoms with Crippen molar-refractivity contribution in [3.05, 3.63) is 64.7 Å². The zero-order valence-corrected chi connectivity index (χ0v) is 22.6. The van der Waals surface area contributed by atoms with Gasteiger partial charge in [0.05, 0.1) is 13.2 Å². The molecule has 2 aromatic rings. The van der Waals surface area contributed by atoms with Crippen molar-refractivity contribution in [1.82, 2.24) is 15.5 Å². The molecule has 7 heteroatoms. The minimum absolute atomic E-state index is 0.